The third-order valence-corrected chi connectivity index (χ3v) is 3.80. The first-order chi connectivity index (χ1) is 10.5. The SMILES string of the molecule is C/C=C/[C@@H](CC(=O)N1CCOC1=O)[C@H](C)C(=O)n1cccc1. The van der Waals surface area contributed by atoms with E-state index in [-0.39, 0.29) is 43.2 Å². The number of aromatic nitrogens is 1. The summed E-state index contributed by atoms with van der Waals surface area (Å²) in [4.78, 5) is 37.2. The minimum atomic E-state index is -0.603. The maximum absolute atomic E-state index is 12.4. The number of hydrogen-bond acceptors (Lipinski definition) is 4. The standard InChI is InChI=1S/C16H20N2O4/c1-3-6-13(11-14(19)18-9-10-22-16(18)21)12(2)15(20)17-7-4-5-8-17/h3-8,12-13H,9-11H2,1-2H3/b6-3+/t12-,13-/m0/s1. The predicted octanol–water partition coefficient (Wildman–Crippen LogP) is 2.33. The average Bonchev–Trinajstić information content (AvgIpc) is 3.16. The van der Waals surface area contributed by atoms with Crippen LogP contribution in [0.2, 0.25) is 0 Å². The number of nitrogens with zero attached hydrogens (tertiary/aromatic N) is 2. The summed E-state index contributed by atoms with van der Waals surface area (Å²) in [5, 5.41) is 0. The lowest BCUT2D eigenvalue weighted by Gasteiger charge is -2.21. The summed E-state index contributed by atoms with van der Waals surface area (Å²) in [7, 11) is 0. The molecule has 1 aliphatic heterocycles. The van der Waals surface area contributed by atoms with Crippen molar-refractivity contribution in [2.45, 2.75) is 20.3 Å². The minimum absolute atomic E-state index is 0.0788. The highest BCUT2D eigenvalue weighted by atomic mass is 16.6. The van der Waals surface area contributed by atoms with Gasteiger partial charge < -0.3 is 4.74 Å². The number of ether oxygens (including phenoxy) is 1. The molecule has 1 saturated heterocycles. The molecule has 0 N–H and O–H groups in total. The first kappa shape index (κ1) is 16.0. The molecule has 0 bridgehead atoms. The normalized spacial score (nSPS) is 17.5. The van der Waals surface area contributed by atoms with Gasteiger partial charge in [-0.05, 0) is 25.0 Å². The van der Waals surface area contributed by atoms with Crippen molar-refractivity contribution < 1.29 is 19.1 Å². The maximum atomic E-state index is 12.4. The van der Waals surface area contributed by atoms with Crippen molar-refractivity contribution in [2.75, 3.05) is 13.2 Å². The molecular formula is C16H20N2O4. The highest BCUT2D eigenvalue weighted by molar-refractivity contribution is 5.93. The van der Waals surface area contributed by atoms with Gasteiger partial charge in [-0.3, -0.25) is 14.2 Å². The molecule has 0 aromatic carbocycles. The molecule has 0 unspecified atom stereocenters. The van der Waals surface area contributed by atoms with E-state index in [4.69, 9.17) is 4.74 Å². The number of carbonyl (C=O) groups excluding carboxylic acids is 3. The summed E-state index contributed by atoms with van der Waals surface area (Å²) in [6, 6.07) is 3.56. The Kier molecular flexibility index (Phi) is 5.14. The lowest BCUT2D eigenvalue weighted by molar-refractivity contribution is -0.128. The smallest absolute Gasteiger partial charge is 0.416 e. The third kappa shape index (κ3) is 3.44. The van der Waals surface area contributed by atoms with Gasteiger partial charge in [0, 0.05) is 24.7 Å². The molecule has 0 saturated carbocycles. The Morgan fingerprint density at radius 2 is 2.05 bits per heavy atom. The summed E-state index contributed by atoms with van der Waals surface area (Å²) in [6.45, 7) is 4.15. The van der Waals surface area contributed by atoms with Crippen LogP contribution in [0.3, 0.4) is 0 Å². The van der Waals surface area contributed by atoms with Gasteiger partial charge in [-0.15, -0.1) is 0 Å². The van der Waals surface area contributed by atoms with Crippen molar-refractivity contribution in [2.24, 2.45) is 11.8 Å². The molecular weight excluding hydrogens is 284 g/mol. The molecule has 118 valence electrons. The van der Waals surface area contributed by atoms with Gasteiger partial charge in [0.15, 0.2) is 0 Å². The highest BCUT2D eigenvalue weighted by Crippen LogP contribution is 2.22. The molecule has 0 radical (unpaired) electrons. The number of carbonyl (C=O) groups is 3. The Labute approximate surface area is 129 Å². The molecule has 2 rings (SSSR count). The van der Waals surface area contributed by atoms with E-state index in [1.54, 1.807) is 31.5 Å². The Balaban J connectivity index is 2.07. The Morgan fingerprint density at radius 1 is 1.36 bits per heavy atom. The zero-order chi connectivity index (χ0) is 16.1. The zero-order valence-electron chi connectivity index (χ0n) is 12.8. The van der Waals surface area contributed by atoms with Gasteiger partial charge in [-0.2, -0.15) is 0 Å². The van der Waals surface area contributed by atoms with E-state index in [9.17, 15) is 14.4 Å². The molecule has 1 aliphatic rings. The predicted molar refractivity (Wildman–Crippen MR) is 80.2 cm³/mol. The number of amides is 2. The number of cyclic esters (lactones) is 1. The van der Waals surface area contributed by atoms with Crippen LogP contribution >= 0.6 is 0 Å². The van der Waals surface area contributed by atoms with Gasteiger partial charge in [-0.25, -0.2) is 9.69 Å². The largest absolute Gasteiger partial charge is 0.447 e. The van der Waals surface area contributed by atoms with Gasteiger partial charge >= 0.3 is 6.09 Å². The highest BCUT2D eigenvalue weighted by Gasteiger charge is 2.32. The molecule has 1 aromatic rings. The van der Waals surface area contributed by atoms with Gasteiger partial charge in [-0.1, -0.05) is 19.1 Å². The fourth-order valence-corrected chi connectivity index (χ4v) is 2.49. The van der Waals surface area contributed by atoms with Crippen LogP contribution in [0.1, 0.15) is 25.1 Å². The fourth-order valence-electron chi connectivity index (χ4n) is 2.49. The van der Waals surface area contributed by atoms with E-state index in [0.29, 0.717) is 0 Å². The molecule has 6 nitrogen and oxygen atoms in total. The quantitative estimate of drug-likeness (QED) is 0.783. The Morgan fingerprint density at radius 3 is 2.59 bits per heavy atom. The van der Waals surface area contributed by atoms with E-state index in [0.717, 1.165) is 4.90 Å². The van der Waals surface area contributed by atoms with E-state index >= 15 is 0 Å². The second kappa shape index (κ2) is 7.06. The van der Waals surface area contributed by atoms with Crippen LogP contribution < -0.4 is 0 Å². The van der Waals surface area contributed by atoms with E-state index in [1.807, 2.05) is 19.1 Å². The van der Waals surface area contributed by atoms with Crippen molar-refractivity contribution in [3.63, 3.8) is 0 Å². The van der Waals surface area contributed by atoms with E-state index < -0.39 is 6.09 Å². The monoisotopic (exact) mass is 304 g/mol. The summed E-state index contributed by atoms with van der Waals surface area (Å²) in [5.74, 6) is -1.02. The molecule has 1 aromatic heterocycles. The van der Waals surface area contributed by atoms with Gasteiger partial charge in [0.25, 0.3) is 0 Å². The van der Waals surface area contributed by atoms with Crippen LogP contribution in [-0.4, -0.2) is 40.5 Å². The molecule has 1 fully saturated rings. The van der Waals surface area contributed by atoms with Crippen LogP contribution in [-0.2, 0) is 9.53 Å². The Hall–Kier alpha value is -2.37. The summed E-state index contributed by atoms with van der Waals surface area (Å²) in [6.07, 6.45) is 6.53. The second-order valence-corrected chi connectivity index (χ2v) is 5.27. The number of hydrogen-bond donors (Lipinski definition) is 0. The Bertz CT molecular complexity index is 577. The number of imide groups is 1. The van der Waals surface area contributed by atoms with E-state index in [1.165, 1.54) is 4.57 Å². The molecule has 6 heteroatoms. The summed E-state index contributed by atoms with van der Waals surface area (Å²) in [5.41, 5.74) is 0. The van der Waals surface area contributed by atoms with Crippen LogP contribution in [0.15, 0.2) is 36.7 Å². The van der Waals surface area contributed by atoms with Crippen LogP contribution in [0.5, 0.6) is 0 Å². The van der Waals surface area contributed by atoms with Crippen LogP contribution in [0.4, 0.5) is 4.79 Å². The fraction of sp³-hybridized carbons (Fsp3) is 0.438. The first-order valence-corrected chi connectivity index (χ1v) is 7.31. The molecule has 22 heavy (non-hydrogen) atoms. The summed E-state index contributed by atoms with van der Waals surface area (Å²) < 4.78 is 6.28. The molecule has 0 aliphatic carbocycles. The second-order valence-electron chi connectivity index (χ2n) is 5.27. The van der Waals surface area contributed by atoms with Crippen LogP contribution in [0.25, 0.3) is 0 Å². The lowest BCUT2D eigenvalue weighted by Crippen LogP contribution is -2.35. The van der Waals surface area contributed by atoms with Crippen molar-refractivity contribution in [1.82, 2.24) is 9.47 Å². The zero-order valence-corrected chi connectivity index (χ0v) is 12.8. The minimum Gasteiger partial charge on any atom is -0.447 e. The number of allylic oxidation sites excluding steroid dienone is 2. The topological polar surface area (TPSA) is 68.6 Å². The molecule has 0 spiro atoms. The van der Waals surface area contributed by atoms with Gasteiger partial charge in [0.1, 0.15) is 6.61 Å². The summed E-state index contributed by atoms with van der Waals surface area (Å²) >= 11 is 0. The lowest BCUT2D eigenvalue weighted by atomic mass is 9.89. The first-order valence-electron chi connectivity index (χ1n) is 7.31. The van der Waals surface area contributed by atoms with Crippen LogP contribution in [0, 0.1) is 11.8 Å². The molecule has 2 amide bonds. The van der Waals surface area contributed by atoms with Gasteiger partial charge in [0.05, 0.1) is 6.54 Å². The maximum Gasteiger partial charge on any atom is 0.416 e. The van der Waals surface area contributed by atoms with Crippen molar-refractivity contribution in [3.8, 4) is 0 Å². The van der Waals surface area contributed by atoms with E-state index in [2.05, 4.69) is 0 Å². The van der Waals surface area contributed by atoms with Crippen molar-refractivity contribution in [3.05, 3.63) is 36.7 Å². The van der Waals surface area contributed by atoms with Crippen molar-refractivity contribution in [1.29, 1.82) is 0 Å². The molecule has 2 atom stereocenters. The number of rotatable bonds is 5. The van der Waals surface area contributed by atoms with Gasteiger partial charge in [0.2, 0.25) is 11.8 Å². The van der Waals surface area contributed by atoms with Crippen molar-refractivity contribution >= 4 is 17.9 Å². The molecule has 2 heterocycles. The third-order valence-electron chi connectivity index (χ3n) is 3.80. The average molecular weight is 304 g/mol.